The predicted octanol–water partition coefficient (Wildman–Crippen LogP) is 3.87. The maximum absolute atomic E-state index is 13.1. The molecule has 3 rings (SSSR count). The minimum absolute atomic E-state index is 0.0527. The molecule has 0 radical (unpaired) electrons. The van der Waals surface area contributed by atoms with Gasteiger partial charge in [0, 0.05) is 6.08 Å². The van der Waals surface area contributed by atoms with Gasteiger partial charge in [0.05, 0.1) is 29.8 Å². The van der Waals surface area contributed by atoms with E-state index in [1.165, 1.54) is 48.8 Å². The van der Waals surface area contributed by atoms with Crippen LogP contribution >= 0.6 is 11.3 Å². The summed E-state index contributed by atoms with van der Waals surface area (Å²) in [5.74, 6) is -1.25. The molecule has 1 N–H and O–H groups in total. The van der Waals surface area contributed by atoms with Crippen molar-refractivity contribution in [1.29, 1.82) is 0 Å². The van der Waals surface area contributed by atoms with Gasteiger partial charge in [-0.2, -0.15) is 0 Å². The van der Waals surface area contributed by atoms with Crippen LogP contribution in [0.3, 0.4) is 0 Å². The Bertz CT molecular complexity index is 949. The summed E-state index contributed by atoms with van der Waals surface area (Å²) in [6.45, 7) is 0. The van der Waals surface area contributed by atoms with Crippen molar-refractivity contribution in [3.8, 4) is 0 Å². The first-order valence-electron chi connectivity index (χ1n) is 8.21. The minimum atomic E-state index is -0.620. The molecule has 1 atom stereocenters. The lowest BCUT2D eigenvalue weighted by atomic mass is 10.0. The Kier molecular flexibility index (Phi) is 5.93. The van der Waals surface area contributed by atoms with E-state index in [0.717, 1.165) is 10.2 Å². The number of rotatable bonds is 6. The SMILES string of the molecule is COC(=O)CC(NC(=O)/C=C/c1nc2ccccc2s1)c1ccc(F)cc1. The zero-order chi connectivity index (χ0) is 19.2. The van der Waals surface area contributed by atoms with Crippen LogP contribution in [0.1, 0.15) is 23.0 Å². The van der Waals surface area contributed by atoms with E-state index in [0.29, 0.717) is 10.6 Å². The number of fused-ring (bicyclic) bond motifs is 1. The van der Waals surface area contributed by atoms with Crippen LogP contribution in [0.15, 0.2) is 54.6 Å². The van der Waals surface area contributed by atoms with Gasteiger partial charge in [-0.3, -0.25) is 9.59 Å². The van der Waals surface area contributed by atoms with Crippen molar-refractivity contribution in [3.63, 3.8) is 0 Å². The van der Waals surface area contributed by atoms with E-state index >= 15 is 0 Å². The number of para-hydroxylation sites is 1. The van der Waals surface area contributed by atoms with Crippen molar-refractivity contribution in [1.82, 2.24) is 10.3 Å². The molecular weight excluding hydrogens is 367 g/mol. The Balaban J connectivity index is 1.72. The molecule has 0 spiro atoms. The third-order valence-electron chi connectivity index (χ3n) is 3.88. The molecule has 0 saturated heterocycles. The summed E-state index contributed by atoms with van der Waals surface area (Å²) in [7, 11) is 1.28. The number of aromatic nitrogens is 1. The van der Waals surface area contributed by atoms with Gasteiger partial charge in [0.2, 0.25) is 5.91 Å². The number of nitrogens with one attached hydrogen (secondary N) is 1. The molecule has 7 heteroatoms. The lowest BCUT2D eigenvalue weighted by Crippen LogP contribution is -2.29. The van der Waals surface area contributed by atoms with Crippen molar-refractivity contribution in [3.05, 3.63) is 71.0 Å². The number of methoxy groups -OCH3 is 1. The highest BCUT2D eigenvalue weighted by molar-refractivity contribution is 7.19. The van der Waals surface area contributed by atoms with Crippen LogP contribution in [0.2, 0.25) is 0 Å². The molecule has 0 aliphatic carbocycles. The monoisotopic (exact) mass is 384 g/mol. The van der Waals surface area contributed by atoms with Crippen molar-refractivity contribution < 1.29 is 18.7 Å². The minimum Gasteiger partial charge on any atom is -0.469 e. The predicted molar refractivity (Wildman–Crippen MR) is 103 cm³/mol. The fourth-order valence-electron chi connectivity index (χ4n) is 2.53. The zero-order valence-corrected chi connectivity index (χ0v) is 15.3. The van der Waals surface area contributed by atoms with Crippen molar-refractivity contribution in [2.45, 2.75) is 12.5 Å². The first-order valence-corrected chi connectivity index (χ1v) is 9.03. The average molecular weight is 384 g/mol. The first kappa shape index (κ1) is 18.7. The van der Waals surface area contributed by atoms with Crippen LogP contribution in [0, 0.1) is 5.82 Å². The summed E-state index contributed by atoms with van der Waals surface area (Å²) in [6.07, 6.45) is 2.94. The van der Waals surface area contributed by atoms with Gasteiger partial charge >= 0.3 is 5.97 Å². The standard InChI is InChI=1S/C20H17FN2O3S/c1-26-20(25)12-16(13-6-8-14(21)9-7-13)22-18(24)10-11-19-23-15-4-2-3-5-17(15)27-19/h2-11,16H,12H2,1H3,(H,22,24)/b11-10+. The number of benzene rings is 2. The maximum Gasteiger partial charge on any atom is 0.307 e. The number of nitrogens with zero attached hydrogens (tertiary/aromatic N) is 1. The summed E-state index contributed by atoms with van der Waals surface area (Å²) in [5, 5.41) is 3.46. The molecule has 3 aromatic rings. The Hall–Kier alpha value is -3.06. The zero-order valence-electron chi connectivity index (χ0n) is 14.5. The second-order valence-electron chi connectivity index (χ2n) is 5.75. The number of hydrogen-bond acceptors (Lipinski definition) is 5. The first-order chi connectivity index (χ1) is 13.0. The van der Waals surface area contributed by atoms with E-state index in [1.54, 1.807) is 6.08 Å². The maximum atomic E-state index is 13.1. The topological polar surface area (TPSA) is 68.3 Å². The van der Waals surface area contributed by atoms with Crippen LogP contribution in [0.5, 0.6) is 0 Å². The largest absolute Gasteiger partial charge is 0.469 e. The Morgan fingerprint density at radius 2 is 1.96 bits per heavy atom. The number of thiazole rings is 1. The highest BCUT2D eigenvalue weighted by atomic mass is 32.1. The van der Waals surface area contributed by atoms with Crippen LogP contribution in [-0.4, -0.2) is 24.0 Å². The Morgan fingerprint density at radius 1 is 1.22 bits per heavy atom. The Morgan fingerprint density at radius 3 is 2.67 bits per heavy atom. The summed E-state index contributed by atoms with van der Waals surface area (Å²) in [6, 6.07) is 12.7. The molecule has 27 heavy (non-hydrogen) atoms. The number of carbonyl (C=O) groups excluding carboxylic acids is 2. The molecule has 1 heterocycles. The second-order valence-corrected chi connectivity index (χ2v) is 6.81. The normalized spacial score (nSPS) is 12.2. The van der Waals surface area contributed by atoms with E-state index in [-0.39, 0.29) is 12.3 Å². The number of amides is 1. The summed E-state index contributed by atoms with van der Waals surface area (Å²) in [5.41, 5.74) is 1.49. The van der Waals surface area contributed by atoms with E-state index in [1.807, 2.05) is 24.3 Å². The second kappa shape index (κ2) is 8.55. The third-order valence-corrected chi connectivity index (χ3v) is 4.88. The molecular formula is C20H17FN2O3S. The van der Waals surface area contributed by atoms with Gasteiger partial charge in [-0.25, -0.2) is 9.37 Å². The molecule has 0 aliphatic heterocycles. The fraction of sp³-hybridized carbons (Fsp3) is 0.150. The van der Waals surface area contributed by atoms with Gasteiger partial charge in [-0.15, -0.1) is 11.3 Å². The molecule has 0 aliphatic rings. The lowest BCUT2D eigenvalue weighted by Gasteiger charge is -2.17. The van der Waals surface area contributed by atoms with Crippen LogP contribution in [0.4, 0.5) is 4.39 Å². The molecule has 5 nitrogen and oxygen atoms in total. The van der Waals surface area contributed by atoms with E-state index in [9.17, 15) is 14.0 Å². The molecule has 1 unspecified atom stereocenters. The highest BCUT2D eigenvalue weighted by Crippen LogP contribution is 2.22. The average Bonchev–Trinajstić information content (AvgIpc) is 3.09. The number of hydrogen-bond donors (Lipinski definition) is 1. The van der Waals surface area contributed by atoms with Crippen molar-refractivity contribution in [2.75, 3.05) is 7.11 Å². The van der Waals surface area contributed by atoms with Crippen LogP contribution in [0.25, 0.3) is 16.3 Å². The lowest BCUT2D eigenvalue weighted by molar-refractivity contribution is -0.141. The van der Waals surface area contributed by atoms with E-state index in [4.69, 9.17) is 0 Å². The summed E-state index contributed by atoms with van der Waals surface area (Å²) < 4.78 is 18.9. The van der Waals surface area contributed by atoms with Gasteiger partial charge in [0.25, 0.3) is 0 Å². The Labute approximate surface area is 159 Å². The number of halogens is 1. The highest BCUT2D eigenvalue weighted by Gasteiger charge is 2.18. The third kappa shape index (κ3) is 4.98. The number of carbonyl (C=O) groups is 2. The van der Waals surface area contributed by atoms with Gasteiger partial charge in [0.1, 0.15) is 10.8 Å². The smallest absolute Gasteiger partial charge is 0.307 e. The van der Waals surface area contributed by atoms with Gasteiger partial charge in [-0.05, 0) is 35.9 Å². The molecule has 1 amide bonds. The van der Waals surface area contributed by atoms with Crippen LogP contribution in [-0.2, 0) is 14.3 Å². The molecule has 0 fully saturated rings. The molecule has 1 aromatic heterocycles. The molecule has 0 saturated carbocycles. The quantitative estimate of drug-likeness (QED) is 0.517. The van der Waals surface area contributed by atoms with E-state index in [2.05, 4.69) is 15.0 Å². The fourth-order valence-corrected chi connectivity index (χ4v) is 3.40. The summed E-state index contributed by atoms with van der Waals surface area (Å²) >= 11 is 1.48. The van der Waals surface area contributed by atoms with Crippen molar-refractivity contribution in [2.24, 2.45) is 0 Å². The molecule has 0 bridgehead atoms. The summed E-state index contributed by atoms with van der Waals surface area (Å²) in [4.78, 5) is 28.4. The van der Waals surface area contributed by atoms with Crippen molar-refractivity contribution >= 4 is 39.5 Å². The van der Waals surface area contributed by atoms with Gasteiger partial charge < -0.3 is 10.1 Å². The van der Waals surface area contributed by atoms with E-state index < -0.39 is 17.8 Å². The van der Waals surface area contributed by atoms with Gasteiger partial charge in [0.15, 0.2) is 0 Å². The number of esters is 1. The molecule has 138 valence electrons. The van der Waals surface area contributed by atoms with Crippen LogP contribution < -0.4 is 5.32 Å². The van der Waals surface area contributed by atoms with Gasteiger partial charge in [-0.1, -0.05) is 24.3 Å². The number of ether oxygens (including phenoxy) is 1. The molecule has 2 aromatic carbocycles.